The Labute approximate surface area is 131 Å². The summed E-state index contributed by atoms with van der Waals surface area (Å²) >= 11 is 14.0. The van der Waals surface area contributed by atoms with E-state index < -0.39 is 0 Å². The normalized spacial score (nSPS) is 10.4. The Kier molecular flexibility index (Phi) is 4.48. The number of carbonyl (C=O) groups excluding carboxylic acids is 1. The zero-order chi connectivity index (χ0) is 13.3. The average Bonchev–Trinajstić information content (AvgIpc) is 2.63. The first kappa shape index (κ1) is 14.1. The number of aryl methyl sites for hydroxylation is 1. The molecule has 0 spiro atoms. The summed E-state index contributed by atoms with van der Waals surface area (Å²) in [5, 5.41) is 3.46. The van der Waals surface area contributed by atoms with Gasteiger partial charge in [-0.25, -0.2) is 0 Å². The highest BCUT2D eigenvalue weighted by molar-refractivity contribution is 9.11. The third-order valence-electron chi connectivity index (χ3n) is 2.26. The van der Waals surface area contributed by atoms with E-state index in [1.54, 1.807) is 18.2 Å². The molecule has 1 aromatic heterocycles. The predicted octanol–water partition coefficient (Wildman–Crippen LogP) is 5.49. The summed E-state index contributed by atoms with van der Waals surface area (Å²) in [4.78, 5) is 12.7. The molecule has 1 N–H and O–H groups in total. The van der Waals surface area contributed by atoms with Crippen molar-refractivity contribution in [2.24, 2.45) is 0 Å². The standard InChI is InChI=1S/C12H8Br2ClNOS/c1-6-4-10(18-11(6)14)12(17)16-9-3-2-7(15)5-8(9)13/h2-5H,1H3,(H,16,17). The number of thiophene rings is 1. The minimum atomic E-state index is -0.128. The lowest BCUT2D eigenvalue weighted by Gasteiger charge is -2.06. The minimum Gasteiger partial charge on any atom is -0.320 e. The molecule has 0 fully saturated rings. The van der Waals surface area contributed by atoms with Gasteiger partial charge in [0.2, 0.25) is 0 Å². The van der Waals surface area contributed by atoms with Crippen LogP contribution in [0.3, 0.4) is 0 Å². The highest BCUT2D eigenvalue weighted by atomic mass is 79.9. The summed E-state index contributed by atoms with van der Waals surface area (Å²) in [5.74, 6) is -0.128. The van der Waals surface area contributed by atoms with E-state index in [-0.39, 0.29) is 5.91 Å². The fourth-order valence-corrected chi connectivity index (χ4v) is 3.56. The quantitative estimate of drug-likeness (QED) is 0.698. The second-order valence-corrected chi connectivity index (χ2v) is 7.31. The molecule has 18 heavy (non-hydrogen) atoms. The number of hydrogen-bond donors (Lipinski definition) is 1. The fraction of sp³-hybridized carbons (Fsp3) is 0.0833. The van der Waals surface area contributed by atoms with E-state index in [1.165, 1.54) is 11.3 Å². The number of anilines is 1. The molecule has 1 aromatic carbocycles. The van der Waals surface area contributed by atoms with E-state index in [4.69, 9.17) is 11.6 Å². The van der Waals surface area contributed by atoms with Crippen LogP contribution in [-0.4, -0.2) is 5.91 Å². The van der Waals surface area contributed by atoms with Crippen molar-refractivity contribution in [2.45, 2.75) is 6.92 Å². The summed E-state index contributed by atoms with van der Waals surface area (Å²) in [6.07, 6.45) is 0. The van der Waals surface area contributed by atoms with E-state index in [0.717, 1.165) is 13.8 Å². The molecule has 0 aliphatic rings. The van der Waals surface area contributed by atoms with Gasteiger partial charge in [0.1, 0.15) is 0 Å². The van der Waals surface area contributed by atoms with Crippen LogP contribution < -0.4 is 5.32 Å². The SMILES string of the molecule is Cc1cc(C(=O)Nc2ccc(Cl)cc2Br)sc1Br. The van der Waals surface area contributed by atoms with Gasteiger partial charge in [-0.15, -0.1) is 11.3 Å². The van der Waals surface area contributed by atoms with Gasteiger partial charge in [0.05, 0.1) is 14.4 Å². The number of carbonyl (C=O) groups is 1. The zero-order valence-electron chi connectivity index (χ0n) is 9.26. The Morgan fingerprint density at radius 3 is 2.61 bits per heavy atom. The maximum Gasteiger partial charge on any atom is 0.265 e. The van der Waals surface area contributed by atoms with Crippen molar-refractivity contribution in [1.29, 1.82) is 0 Å². The highest BCUT2D eigenvalue weighted by Gasteiger charge is 2.12. The molecular formula is C12H8Br2ClNOS. The number of amides is 1. The Hall–Kier alpha value is -0.360. The molecule has 0 aliphatic heterocycles. The summed E-state index contributed by atoms with van der Waals surface area (Å²) < 4.78 is 1.73. The molecule has 0 atom stereocenters. The Balaban J connectivity index is 2.21. The van der Waals surface area contributed by atoms with Crippen molar-refractivity contribution in [3.8, 4) is 0 Å². The van der Waals surface area contributed by atoms with Crippen LogP contribution in [0.1, 0.15) is 15.2 Å². The van der Waals surface area contributed by atoms with Gasteiger partial charge in [0.15, 0.2) is 0 Å². The lowest BCUT2D eigenvalue weighted by molar-refractivity contribution is 0.103. The molecule has 6 heteroatoms. The predicted molar refractivity (Wildman–Crippen MR) is 83.9 cm³/mol. The van der Waals surface area contributed by atoms with E-state index in [1.807, 2.05) is 13.0 Å². The van der Waals surface area contributed by atoms with Gasteiger partial charge in [-0.1, -0.05) is 11.6 Å². The van der Waals surface area contributed by atoms with Crippen molar-refractivity contribution < 1.29 is 4.79 Å². The molecular weight excluding hydrogens is 401 g/mol. The van der Waals surface area contributed by atoms with Crippen molar-refractivity contribution >= 4 is 66.4 Å². The third kappa shape index (κ3) is 3.15. The second-order valence-electron chi connectivity index (χ2n) is 3.65. The average molecular weight is 410 g/mol. The molecule has 0 bridgehead atoms. The minimum absolute atomic E-state index is 0.128. The fourth-order valence-electron chi connectivity index (χ4n) is 1.35. The van der Waals surface area contributed by atoms with Gasteiger partial charge in [-0.2, -0.15) is 0 Å². The molecule has 0 saturated carbocycles. The molecule has 0 saturated heterocycles. The maximum absolute atomic E-state index is 12.0. The number of hydrogen-bond acceptors (Lipinski definition) is 2. The van der Waals surface area contributed by atoms with Crippen LogP contribution in [0, 0.1) is 6.92 Å². The van der Waals surface area contributed by atoms with Gasteiger partial charge in [-0.3, -0.25) is 4.79 Å². The summed E-state index contributed by atoms with van der Waals surface area (Å²) in [6.45, 7) is 1.95. The Bertz CT molecular complexity index is 593. The number of nitrogens with one attached hydrogen (secondary N) is 1. The zero-order valence-corrected chi connectivity index (χ0v) is 14.0. The number of benzene rings is 1. The van der Waals surface area contributed by atoms with Crippen molar-refractivity contribution in [3.63, 3.8) is 0 Å². The first-order valence-corrected chi connectivity index (χ1v) is 7.78. The molecule has 2 aromatic rings. The lowest BCUT2D eigenvalue weighted by atomic mass is 10.3. The molecule has 1 heterocycles. The lowest BCUT2D eigenvalue weighted by Crippen LogP contribution is -2.10. The van der Waals surface area contributed by atoms with Crippen LogP contribution in [0.25, 0.3) is 0 Å². The molecule has 2 rings (SSSR count). The second kappa shape index (κ2) is 5.74. The molecule has 0 radical (unpaired) electrons. The largest absolute Gasteiger partial charge is 0.320 e. The molecule has 94 valence electrons. The summed E-state index contributed by atoms with van der Waals surface area (Å²) in [5.41, 5.74) is 1.76. The van der Waals surface area contributed by atoms with Gasteiger partial charge >= 0.3 is 0 Å². The topological polar surface area (TPSA) is 29.1 Å². The first-order valence-electron chi connectivity index (χ1n) is 4.99. The van der Waals surface area contributed by atoms with Crippen LogP contribution in [0.15, 0.2) is 32.5 Å². The first-order chi connectivity index (χ1) is 8.47. The van der Waals surface area contributed by atoms with Crippen LogP contribution in [0.5, 0.6) is 0 Å². The Morgan fingerprint density at radius 1 is 1.33 bits per heavy atom. The molecule has 1 amide bonds. The third-order valence-corrected chi connectivity index (χ3v) is 5.29. The maximum atomic E-state index is 12.0. The van der Waals surface area contributed by atoms with E-state index in [9.17, 15) is 4.79 Å². The van der Waals surface area contributed by atoms with Crippen molar-refractivity contribution in [2.75, 3.05) is 5.32 Å². The van der Waals surface area contributed by atoms with Crippen LogP contribution in [0.4, 0.5) is 5.69 Å². The number of rotatable bonds is 2. The smallest absolute Gasteiger partial charge is 0.265 e. The van der Waals surface area contributed by atoms with Crippen molar-refractivity contribution in [1.82, 2.24) is 0 Å². The van der Waals surface area contributed by atoms with Crippen molar-refractivity contribution in [3.05, 3.63) is 48.0 Å². The van der Waals surface area contributed by atoms with Gasteiger partial charge in [-0.05, 0) is 68.6 Å². The summed E-state index contributed by atoms with van der Waals surface area (Å²) in [6, 6.07) is 7.10. The van der Waals surface area contributed by atoms with E-state index >= 15 is 0 Å². The van der Waals surface area contributed by atoms with Gasteiger partial charge in [0, 0.05) is 9.50 Å². The monoisotopic (exact) mass is 407 g/mol. The van der Waals surface area contributed by atoms with Crippen LogP contribution in [-0.2, 0) is 0 Å². The van der Waals surface area contributed by atoms with Gasteiger partial charge < -0.3 is 5.32 Å². The molecule has 0 unspecified atom stereocenters. The Morgan fingerprint density at radius 2 is 2.06 bits per heavy atom. The summed E-state index contributed by atoms with van der Waals surface area (Å²) in [7, 11) is 0. The van der Waals surface area contributed by atoms with Gasteiger partial charge in [0.25, 0.3) is 5.91 Å². The van der Waals surface area contributed by atoms with Crippen LogP contribution >= 0.6 is 54.8 Å². The van der Waals surface area contributed by atoms with E-state index in [2.05, 4.69) is 37.2 Å². The molecule has 0 aliphatic carbocycles. The highest BCUT2D eigenvalue weighted by Crippen LogP contribution is 2.30. The molecule has 2 nitrogen and oxygen atoms in total. The number of halogens is 3. The van der Waals surface area contributed by atoms with Crippen LogP contribution in [0.2, 0.25) is 5.02 Å². The van der Waals surface area contributed by atoms with E-state index in [0.29, 0.717) is 15.6 Å².